The zero-order chi connectivity index (χ0) is 12.1. The van der Waals surface area contributed by atoms with Gasteiger partial charge in [0, 0.05) is 18.2 Å². The van der Waals surface area contributed by atoms with E-state index in [4.69, 9.17) is 0 Å². The molecule has 1 amide bonds. The molecule has 0 bridgehead atoms. The average Bonchev–Trinajstić information content (AvgIpc) is 2.84. The maximum absolute atomic E-state index is 12.3. The summed E-state index contributed by atoms with van der Waals surface area (Å²) in [6.07, 6.45) is 3.32. The molecule has 1 aliphatic rings. The third kappa shape index (κ3) is 2.86. The Hall–Kier alpha value is -1.35. The van der Waals surface area contributed by atoms with Crippen molar-refractivity contribution in [1.29, 1.82) is 0 Å². The molecule has 1 unspecified atom stereocenters. The van der Waals surface area contributed by atoms with Gasteiger partial charge in [0.15, 0.2) is 0 Å². The number of nitrogens with zero attached hydrogens (tertiary/aromatic N) is 1. The van der Waals surface area contributed by atoms with Gasteiger partial charge in [0.1, 0.15) is 0 Å². The van der Waals surface area contributed by atoms with Crippen molar-refractivity contribution < 1.29 is 4.79 Å². The molecular formula is C14H20N2O. The van der Waals surface area contributed by atoms with Crippen LogP contribution in [-0.2, 0) is 0 Å². The van der Waals surface area contributed by atoms with E-state index in [1.807, 2.05) is 42.3 Å². The molecule has 3 nitrogen and oxygen atoms in total. The minimum Gasteiger partial charge on any atom is -0.336 e. The van der Waals surface area contributed by atoms with Crippen LogP contribution >= 0.6 is 0 Å². The van der Waals surface area contributed by atoms with Crippen LogP contribution in [0.3, 0.4) is 0 Å². The number of benzene rings is 1. The second kappa shape index (κ2) is 5.82. The minimum atomic E-state index is 0.184. The van der Waals surface area contributed by atoms with Gasteiger partial charge in [-0.3, -0.25) is 4.79 Å². The smallest absolute Gasteiger partial charge is 0.254 e. The van der Waals surface area contributed by atoms with Gasteiger partial charge >= 0.3 is 0 Å². The van der Waals surface area contributed by atoms with E-state index in [0.717, 1.165) is 37.9 Å². The lowest BCUT2D eigenvalue weighted by molar-refractivity contribution is 0.0731. The van der Waals surface area contributed by atoms with Crippen LogP contribution in [0.5, 0.6) is 0 Å². The van der Waals surface area contributed by atoms with Crippen molar-refractivity contribution in [2.45, 2.75) is 25.3 Å². The first-order valence-corrected chi connectivity index (χ1v) is 6.33. The molecule has 1 aromatic rings. The Morgan fingerprint density at radius 3 is 2.88 bits per heavy atom. The SMILES string of the molecule is CNCCC1CCCN1C(=O)c1ccccc1. The van der Waals surface area contributed by atoms with Gasteiger partial charge in [-0.2, -0.15) is 0 Å². The summed E-state index contributed by atoms with van der Waals surface area (Å²) in [4.78, 5) is 14.4. The Labute approximate surface area is 103 Å². The molecule has 0 radical (unpaired) electrons. The summed E-state index contributed by atoms with van der Waals surface area (Å²) in [6, 6.07) is 10.00. The molecule has 0 saturated carbocycles. The third-order valence-electron chi connectivity index (χ3n) is 3.39. The van der Waals surface area contributed by atoms with Gasteiger partial charge in [0.2, 0.25) is 0 Å². The van der Waals surface area contributed by atoms with Crippen LogP contribution in [0.15, 0.2) is 30.3 Å². The normalized spacial score (nSPS) is 19.6. The van der Waals surface area contributed by atoms with E-state index < -0.39 is 0 Å². The maximum atomic E-state index is 12.3. The zero-order valence-corrected chi connectivity index (χ0v) is 10.4. The summed E-state index contributed by atoms with van der Waals surface area (Å²) >= 11 is 0. The van der Waals surface area contributed by atoms with Crippen LogP contribution in [0.1, 0.15) is 29.6 Å². The molecule has 2 rings (SSSR count). The Kier molecular flexibility index (Phi) is 4.15. The molecule has 0 spiro atoms. The van der Waals surface area contributed by atoms with E-state index in [1.165, 1.54) is 0 Å². The van der Waals surface area contributed by atoms with Crippen molar-refractivity contribution in [3.63, 3.8) is 0 Å². The summed E-state index contributed by atoms with van der Waals surface area (Å²) in [5.41, 5.74) is 0.809. The van der Waals surface area contributed by atoms with Crippen LogP contribution in [-0.4, -0.2) is 37.0 Å². The summed E-state index contributed by atoms with van der Waals surface area (Å²) < 4.78 is 0. The predicted molar refractivity (Wildman–Crippen MR) is 69.0 cm³/mol. The van der Waals surface area contributed by atoms with Crippen LogP contribution in [0.4, 0.5) is 0 Å². The number of hydrogen-bond acceptors (Lipinski definition) is 2. The first-order valence-electron chi connectivity index (χ1n) is 6.33. The first-order chi connectivity index (χ1) is 8.33. The van der Waals surface area contributed by atoms with Gasteiger partial charge < -0.3 is 10.2 Å². The number of hydrogen-bond donors (Lipinski definition) is 1. The molecule has 17 heavy (non-hydrogen) atoms. The predicted octanol–water partition coefficient (Wildman–Crippen LogP) is 1.90. The Morgan fingerprint density at radius 1 is 1.41 bits per heavy atom. The van der Waals surface area contributed by atoms with E-state index in [9.17, 15) is 4.79 Å². The largest absolute Gasteiger partial charge is 0.336 e. The molecule has 1 saturated heterocycles. The van der Waals surface area contributed by atoms with Gasteiger partial charge in [-0.1, -0.05) is 18.2 Å². The standard InChI is InChI=1S/C14H20N2O/c1-15-10-9-13-8-5-11-16(13)14(17)12-6-3-2-4-7-12/h2-4,6-7,13,15H,5,8-11H2,1H3. The monoisotopic (exact) mass is 232 g/mol. The molecule has 92 valence electrons. The molecule has 0 aromatic heterocycles. The first kappa shape index (κ1) is 12.1. The minimum absolute atomic E-state index is 0.184. The summed E-state index contributed by atoms with van der Waals surface area (Å²) in [5.74, 6) is 0.184. The van der Waals surface area contributed by atoms with E-state index in [0.29, 0.717) is 6.04 Å². The van der Waals surface area contributed by atoms with Crippen molar-refractivity contribution in [2.24, 2.45) is 0 Å². The summed E-state index contributed by atoms with van der Waals surface area (Å²) in [5, 5.41) is 3.16. The highest BCUT2D eigenvalue weighted by molar-refractivity contribution is 5.94. The summed E-state index contributed by atoms with van der Waals surface area (Å²) in [7, 11) is 1.96. The van der Waals surface area contributed by atoms with E-state index in [2.05, 4.69) is 5.32 Å². The summed E-state index contributed by atoms with van der Waals surface area (Å²) in [6.45, 7) is 1.88. The molecule has 1 aromatic carbocycles. The quantitative estimate of drug-likeness (QED) is 0.860. The number of carbonyl (C=O) groups is 1. The molecule has 1 heterocycles. The Morgan fingerprint density at radius 2 is 2.18 bits per heavy atom. The second-order valence-corrected chi connectivity index (χ2v) is 4.55. The lowest BCUT2D eigenvalue weighted by atomic mass is 10.1. The van der Waals surface area contributed by atoms with Crippen molar-refractivity contribution in [1.82, 2.24) is 10.2 Å². The number of likely N-dealkylation sites (tertiary alicyclic amines) is 1. The van der Waals surface area contributed by atoms with E-state index in [-0.39, 0.29) is 5.91 Å². The Balaban J connectivity index is 2.03. The molecule has 0 aliphatic carbocycles. The molecule has 1 N–H and O–H groups in total. The third-order valence-corrected chi connectivity index (χ3v) is 3.39. The van der Waals surface area contributed by atoms with Gasteiger partial charge in [-0.15, -0.1) is 0 Å². The molecule has 1 atom stereocenters. The highest BCUT2D eigenvalue weighted by Crippen LogP contribution is 2.22. The number of amides is 1. The number of carbonyl (C=O) groups excluding carboxylic acids is 1. The number of rotatable bonds is 4. The van der Waals surface area contributed by atoms with Crippen LogP contribution in [0.2, 0.25) is 0 Å². The number of nitrogens with one attached hydrogen (secondary N) is 1. The Bertz CT molecular complexity index is 364. The molecule has 1 aliphatic heterocycles. The van der Waals surface area contributed by atoms with Gasteiger partial charge in [-0.05, 0) is 45.0 Å². The van der Waals surface area contributed by atoms with Crippen LogP contribution < -0.4 is 5.32 Å². The van der Waals surface area contributed by atoms with E-state index in [1.54, 1.807) is 0 Å². The molecule has 3 heteroatoms. The fourth-order valence-corrected chi connectivity index (χ4v) is 2.46. The molecular weight excluding hydrogens is 212 g/mol. The lowest BCUT2D eigenvalue weighted by Gasteiger charge is -2.24. The van der Waals surface area contributed by atoms with Crippen molar-refractivity contribution in [3.05, 3.63) is 35.9 Å². The topological polar surface area (TPSA) is 32.3 Å². The average molecular weight is 232 g/mol. The molecule has 1 fully saturated rings. The van der Waals surface area contributed by atoms with Crippen LogP contribution in [0, 0.1) is 0 Å². The highest BCUT2D eigenvalue weighted by Gasteiger charge is 2.28. The van der Waals surface area contributed by atoms with Gasteiger partial charge in [0.25, 0.3) is 5.91 Å². The zero-order valence-electron chi connectivity index (χ0n) is 10.4. The van der Waals surface area contributed by atoms with Crippen molar-refractivity contribution in [3.8, 4) is 0 Å². The second-order valence-electron chi connectivity index (χ2n) is 4.55. The van der Waals surface area contributed by atoms with Crippen molar-refractivity contribution >= 4 is 5.91 Å². The lowest BCUT2D eigenvalue weighted by Crippen LogP contribution is -2.37. The van der Waals surface area contributed by atoms with Crippen LogP contribution in [0.25, 0.3) is 0 Å². The maximum Gasteiger partial charge on any atom is 0.254 e. The highest BCUT2D eigenvalue weighted by atomic mass is 16.2. The fraction of sp³-hybridized carbons (Fsp3) is 0.500. The van der Waals surface area contributed by atoms with Crippen molar-refractivity contribution in [2.75, 3.05) is 20.1 Å². The van der Waals surface area contributed by atoms with Gasteiger partial charge in [0.05, 0.1) is 0 Å². The fourth-order valence-electron chi connectivity index (χ4n) is 2.46. The van der Waals surface area contributed by atoms with Gasteiger partial charge in [-0.25, -0.2) is 0 Å². The van der Waals surface area contributed by atoms with E-state index >= 15 is 0 Å².